The first-order chi connectivity index (χ1) is 15.6. The summed E-state index contributed by atoms with van der Waals surface area (Å²) >= 11 is 1.20. The number of para-hydroxylation sites is 1. The van der Waals surface area contributed by atoms with Gasteiger partial charge in [-0.15, -0.1) is 5.10 Å². The minimum absolute atomic E-state index is 0.129. The van der Waals surface area contributed by atoms with E-state index in [1.165, 1.54) is 21.8 Å². The van der Waals surface area contributed by atoms with E-state index in [2.05, 4.69) is 27.5 Å². The molecule has 2 N–H and O–H groups in total. The van der Waals surface area contributed by atoms with Crippen LogP contribution in [0.15, 0.2) is 64.5 Å². The van der Waals surface area contributed by atoms with Crippen LogP contribution in [0, 0.1) is 0 Å². The number of hydrogen-bond acceptors (Lipinski definition) is 6. The van der Waals surface area contributed by atoms with Gasteiger partial charge in [0, 0.05) is 17.7 Å². The molecular weight excluding hydrogens is 426 g/mol. The Kier molecular flexibility index (Phi) is 6.55. The highest BCUT2D eigenvalue weighted by molar-refractivity contribution is 7.99. The summed E-state index contributed by atoms with van der Waals surface area (Å²) in [4.78, 5) is 24.6. The molecular formula is C23H23N5O3S. The number of thioether (sulfide) groups is 1. The van der Waals surface area contributed by atoms with Gasteiger partial charge in [-0.2, -0.15) is 5.10 Å². The fraction of sp³-hybridized carbons (Fsp3) is 0.217. The van der Waals surface area contributed by atoms with Crippen molar-refractivity contribution in [2.24, 2.45) is 0 Å². The topological polar surface area (TPSA) is 101 Å². The molecule has 2 heterocycles. The number of rotatable bonds is 8. The maximum Gasteiger partial charge on any atom is 0.290 e. The SMILES string of the molecule is CCc1ccc(-c2cc3c(=O)[nH]nc(SCC(=O)NCc4ccccc4OC)n3n2)cc1. The number of carbonyl (C=O) groups excluding carboxylic acids is 1. The highest BCUT2D eigenvalue weighted by Gasteiger charge is 2.14. The van der Waals surface area contributed by atoms with E-state index in [9.17, 15) is 9.59 Å². The van der Waals surface area contributed by atoms with Gasteiger partial charge in [-0.25, -0.2) is 9.61 Å². The molecule has 0 atom stereocenters. The average molecular weight is 450 g/mol. The largest absolute Gasteiger partial charge is 0.496 e. The lowest BCUT2D eigenvalue weighted by molar-refractivity contribution is -0.118. The Bertz CT molecular complexity index is 1300. The number of amides is 1. The highest BCUT2D eigenvalue weighted by atomic mass is 32.2. The third-order valence-corrected chi connectivity index (χ3v) is 5.96. The summed E-state index contributed by atoms with van der Waals surface area (Å²) in [6.07, 6.45) is 0.953. The average Bonchev–Trinajstić information content (AvgIpc) is 3.29. The molecule has 8 nitrogen and oxygen atoms in total. The van der Waals surface area contributed by atoms with Crippen molar-refractivity contribution in [1.82, 2.24) is 25.1 Å². The van der Waals surface area contributed by atoms with Crippen LogP contribution < -0.4 is 15.6 Å². The number of nitrogens with zero attached hydrogens (tertiary/aromatic N) is 3. The third-order valence-electron chi connectivity index (χ3n) is 5.04. The van der Waals surface area contributed by atoms with Gasteiger partial charge in [0.2, 0.25) is 11.1 Å². The van der Waals surface area contributed by atoms with Gasteiger partial charge in [0.25, 0.3) is 5.56 Å². The van der Waals surface area contributed by atoms with Crippen LogP contribution in [-0.4, -0.2) is 38.6 Å². The Morgan fingerprint density at radius 3 is 2.72 bits per heavy atom. The van der Waals surface area contributed by atoms with Gasteiger partial charge in [-0.3, -0.25) is 9.59 Å². The monoisotopic (exact) mass is 449 g/mol. The zero-order valence-electron chi connectivity index (χ0n) is 17.8. The summed E-state index contributed by atoms with van der Waals surface area (Å²) < 4.78 is 6.79. The maximum atomic E-state index is 12.4. The quantitative estimate of drug-likeness (QED) is 0.401. The fourth-order valence-electron chi connectivity index (χ4n) is 3.26. The first-order valence-corrected chi connectivity index (χ1v) is 11.2. The third kappa shape index (κ3) is 4.67. The van der Waals surface area contributed by atoms with Crippen LogP contribution in [0.2, 0.25) is 0 Å². The van der Waals surface area contributed by atoms with E-state index >= 15 is 0 Å². The molecule has 0 saturated carbocycles. The molecule has 0 radical (unpaired) electrons. The number of methoxy groups -OCH3 is 1. The summed E-state index contributed by atoms with van der Waals surface area (Å²) in [7, 11) is 1.60. The number of benzene rings is 2. The van der Waals surface area contributed by atoms with Crippen LogP contribution in [-0.2, 0) is 17.8 Å². The second-order valence-corrected chi connectivity index (χ2v) is 8.03. The minimum Gasteiger partial charge on any atom is -0.496 e. The van der Waals surface area contributed by atoms with Crippen molar-refractivity contribution < 1.29 is 9.53 Å². The molecule has 9 heteroatoms. The van der Waals surface area contributed by atoms with Gasteiger partial charge in [-0.05, 0) is 24.1 Å². The molecule has 164 valence electrons. The maximum absolute atomic E-state index is 12.4. The van der Waals surface area contributed by atoms with Crippen LogP contribution in [0.25, 0.3) is 16.8 Å². The second kappa shape index (κ2) is 9.69. The van der Waals surface area contributed by atoms with Crippen LogP contribution in [0.5, 0.6) is 5.75 Å². The van der Waals surface area contributed by atoms with E-state index in [0.29, 0.717) is 22.9 Å². The molecule has 4 rings (SSSR count). The van der Waals surface area contributed by atoms with Crippen molar-refractivity contribution in [3.63, 3.8) is 0 Å². The second-order valence-electron chi connectivity index (χ2n) is 7.09. The van der Waals surface area contributed by atoms with Crippen molar-refractivity contribution in [1.29, 1.82) is 0 Å². The summed E-state index contributed by atoms with van der Waals surface area (Å²) in [5.74, 6) is 0.689. The Hall–Kier alpha value is -3.59. The van der Waals surface area contributed by atoms with Crippen molar-refractivity contribution in [2.45, 2.75) is 25.0 Å². The van der Waals surface area contributed by atoms with Gasteiger partial charge >= 0.3 is 0 Å². The standard InChI is InChI=1S/C23H23N5O3S/c1-3-15-8-10-16(11-9-15)18-12-19-22(30)25-26-23(28(19)27-18)32-14-21(29)24-13-17-6-4-5-7-20(17)31-2/h4-12H,3,13-14H2,1-2H3,(H,24,29)(H,25,30). The van der Waals surface area contributed by atoms with E-state index < -0.39 is 0 Å². The molecule has 0 bridgehead atoms. The van der Waals surface area contributed by atoms with Crippen LogP contribution in [0.4, 0.5) is 0 Å². The smallest absolute Gasteiger partial charge is 0.290 e. The number of ether oxygens (including phenoxy) is 1. The van der Waals surface area contributed by atoms with Gasteiger partial charge < -0.3 is 10.1 Å². The Morgan fingerprint density at radius 2 is 1.97 bits per heavy atom. The molecule has 2 aromatic carbocycles. The number of aryl methyl sites for hydroxylation is 1. The number of hydrogen-bond donors (Lipinski definition) is 2. The number of carbonyl (C=O) groups is 1. The van der Waals surface area contributed by atoms with Crippen molar-refractivity contribution >= 4 is 23.2 Å². The Morgan fingerprint density at radius 1 is 1.19 bits per heavy atom. The van der Waals surface area contributed by atoms with E-state index in [0.717, 1.165) is 23.3 Å². The fourth-order valence-corrected chi connectivity index (χ4v) is 4.00. The van der Waals surface area contributed by atoms with Gasteiger partial charge in [0.15, 0.2) is 0 Å². The molecule has 0 saturated heterocycles. The summed E-state index contributed by atoms with van der Waals surface area (Å²) in [5.41, 5.74) is 3.76. The van der Waals surface area contributed by atoms with Crippen LogP contribution in [0.1, 0.15) is 18.1 Å². The zero-order valence-corrected chi connectivity index (χ0v) is 18.6. The molecule has 0 aliphatic rings. The molecule has 0 aliphatic carbocycles. The zero-order chi connectivity index (χ0) is 22.5. The first kappa shape index (κ1) is 21.6. The lowest BCUT2D eigenvalue weighted by Crippen LogP contribution is -2.25. The van der Waals surface area contributed by atoms with Gasteiger partial charge in [0.1, 0.15) is 11.3 Å². The molecule has 0 fully saturated rings. The number of nitrogens with one attached hydrogen (secondary N) is 2. The number of H-pyrrole nitrogens is 1. The molecule has 2 aromatic heterocycles. The normalized spacial score (nSPS) is 10.9. The van der Waals surface area contributed by atoms with Crippen LogP contribution in [0.3, 0.4) is 0 Å². The van der Waals surface area contributed by atoms with Gasteiger partial charge in [0.05, 0.1) is 18.6 Å². The lowest BCUT2D eigenvalue weighted by atomic mass is 10.1. The van der Waals surface area contributed by atoms with Gasteiger partial charge in [-0.1, -0.05) is 61.2 Å². The number of fused-ring (bicyclic) bond motifs is 1. The highest BCUT2D eigenvalue weighted by Crippen LogP contribution is 2.22. The molecule has 0 unspecified atom stereocenters. The van der Waals surface area contributed by atoms with Crippen molar-refractivity contribution in [3.05, 3.63) is 76.1 Å². The minimum atomic E-state index is -0.334. The van der Waals surface area contributed by atoms with E-state index in [1.54, 1.807) is 13.2 Å². The number of aromatic nitrogens is 4. The Labute approximate surface area is 189 Å². The summed E-state index contributed by atoms with van der Waals surface area (Å²) in [6.45, 7) is 2.46. The van der Waals surface area contributed by atoms with Crippen molar-refractivity contribution in [2.75, 3.05) is 12.9 Å². The summed E-state index contributed by atoms with van der Waals surface area (Å²) in [5, 5.41) is 14.4. The predicted molar refractivity (Wildman–Crippen MR) is 124 cm³/mol. The molecule has 0 aliphatic heterocycles. The predicted octanol–water partition coefficient (Wildman–Crippen LogP) is 3.06. The Balaban J connectivity index is 1.48. The first-order valence-electron chi connectivity index (χ1n) is 10.2. The van der Waals surface area contributed by atoms with E-state index in [1.807, 2.05) is 48.5 Å². The number of aromatic amines is 1. The van der Waals surface area contributed by atoms with E-state index in [-0.39, 0.29) is 17.2 Å². The molecule has 0 spiro atoms. The molecule has 32 heavy (non-hydrogen) atoms. The molecule has 1 amide bonds. The van der Waals surface area contributed by atoms with Crippen LogP contribution >= 0.6 is 11.8 Å². The lowest BCUT2D eigenvalue weighted by Gasteiger charge is -2.09. The van der Waals surface area contributed by atoms with E-state index in [4.69, 9.17) is 4.74 Å². The summed E-state index contributed by atoms with van der Waals surface area (Å²) in [6, 6.07) is 17.3. The molecule has 4 aromatic rings. The van der Waals surface area contributed by atoms with Crippen molar-refractivity contribution in [3.8, 4) is 17.0 Å².